The third-order valence-corrected chi connectivity index (χ3v) is 4.12. The largest absolute Gasteiger partial charge is 0.381 e. The molecule has 1 aromatic heterocycles. The number of hydrogen-bond acceptors (Lipinski definition) is 3. The van der Waals surface area contributed by atoms with Gasteiger partial charge >= 0.3 is 0 Å². The van der Waals surface area contributed by atoms with Crippen molar-refractivity contribution in [2.45, 2.75) is 33.7 Å². The molecule has 7 heteroatoms. The molecule has 0 atom stereocenters. The molecule has 0 fully saturated rings. The normalized spacial score (nSPS) is 11.2. The highest BCUT2D eigenvalue weighted by molar-refractivity contribution is 6.33. The molecule has 0 saturated carbocycles. The van der Waals surface area contributed by atoms with Gasteiger partial charge < -0.3 is 10.1 Å². The van der Waals surface area contributed by atoms with Gasteiger partial charge in [0.05, 0.1) is 17.8 Å². The Bertz CT molecular complexity index is 729. The lowest BCUT2D eigenvalue weighted by molar-refractivity contribution is 0.0924. The van der Waals surface area contributed by atoms with Crippen LogP contribution in [0.4, 0.5) is 4.39 Å². The van der Waals surface area contributed by atoms with E-state index in [2.05, 4.69) is 24.3 Å². The van der Waals surface area contributed by atoms with Crippen LogP contribution in [0.5, 0.6) is 0 Å². The maximum atomic E-state index is 13.0. The number of carbonyl (C=O) groups is 1. The zero-order valence-electron chi connectivity index (χ0n) is 15.4. The number of ether oxygens (including phenoxy) is 1. The van der Waals surface area contributed by atoms with Crippen molar-refractivity contribution in [1.82, 2.24) is 15.1 Å². The lowest BCUT2D eigenvalue weighted by Crippen LogP contribution is -2.26. The molecule has 1 heterocycles. The Kier molecular flexibility index (Phi) is 7.60. The molecule has 0 spiro atoms. The summed E-state index contributed by atoms with van der Waals surface area (Å²) in [6.45, 7) is 8.14. The first-order chi connectivity index (χ1) is 12.4. The minimum absolute atomic E-state index is 0.248. The monoisotopic (exact) mass is 381 g/mol. The Morgan fingerprint density at radius 3 is 2.69 bits per heavy atom. The summed E-state index contributed by atoms with van der Waals surface area (Å²) in [4.78, 5) is 12.4. The molecule has 0 saturated heterocycles. The van der Waals surface area contributed by atoms with E-state index in [9.17, 15) is 9.18 Å². The molecule has 0 bridgehead atoms. The number of rotatable bonds is 9. The lowest BCUT2D eigenvalue weighted by atomic mass is 10.2. The zero-order valence-corrected chi connectivity index (χ0v) is 16.1. The van der Waals surface area contributed by atoms with Crippen molar-refractivity contribution < 1.29 is 13.9 Å². The van der Waals surface area contributed by atoms with Gasteiger partial charge in [-0.1, -0.05) is 37.6 Å². The van der Waals surface area contributed by atoms with Gasteiger partial charge in [0.1, 0.15) is 11.0 Å². The van der Waals surface area contributed by atoms with E-state index in [-0.39, 0.29) is 16.9 Å². The van der Waals surface area contributed by atoms with Crippen molar-refractivity contribution in [3.05, 3.63) is 52.1 Å². The Hall–Kier alpha value is -1.92. The summed E-state index contributed by atoms with van der Waals surface area (Å²) < 4.78 is 20.0. The van der Waals surface area contributed by atoms with Crippen molar-refractivity contribution in [3.8, 4) is 0 Å². The zero-order chi connectivity index (χ0) is 19.1. The summed E-state index contributed by atoms with van der Waals surface area (Å²) in [5, 5.41) is 7.46. The van der Waals surface area contributed by atoms with Crippen LogP contribution in [-0.2, 0) is 11.3 Å². The number of halogens is 2. The number of benzene rings is 1. The molecule has 142 valence electrons. The molecule has 5 nitrogen and oxygen atoms in total. The summed E-state index contributed by atoms with van der Waals surface area (Å²) in [7, 11) is 0. The fraction of sp³-hybridized carbons (Fsp3) is 0.474. The van der Waals surface area contributed by atoms with Crippen LogP contribution in [0.25, 0.3) is 0 Å². The van der Waals surface area contributed by atoms with E-state index in [4.69, 9.17) is 16.3 Å². The Morgan fingerprint density at radius 1 is 1.35 bits per heavy atom. The Labute approximate surface area is 158 Å². The second-order valence-electron chi connectivity index (χ2n) is 6.61. The van der Waals surface area contributed by atoms with Crippen molar-refractivity contribution in [2.75, 3.05) is 19.8 Å². The third kappa shape index (κ3) is 5.81. The van der Waals surface area contributed by atoms with Gasteiger partial charge in [0, 0.05) is 19.8 Å². The van der Waals surface area contributed by atoms with E-state index in [1.165, 1.54) is 12.1 Å². The number of aromatic nitrogens is 2. The number of carbonyl (C=O) groups excluding carboxylic acids is 1. The van der Waals surface area contributed by atoms with Crippen LogP contribution in [0.15, 0.2) is 24.3 Å². The molecule has 2 aromatic rings. The molecule has 1 amide bonds. The number of nitrogens with zero attached hydrogens (tertiary/aromatic N) is 2. The van der Waals surface area contributed by atoms with Crippen molar-refractivity contribution in [3.63, 3.8) is 0 Å². The van der Waals surface area contributed by atoms with Gasteiger partial charge in [0.15, 0.2) is 0 Å². The molecular weight excluding hydrogens is 357 g/mol. The third-order valence-electron chi connectivity index (χ3n) is 3.74. The molecule has 0 radical (unpaired) electrons. The second-order valence-corrected chi connectivity index (χ2v) is 6.97. The molecule has 1 aromatic carbocycles. The van der Waals surface area contributed by atoms with Crippen molar-refractivity contribution in [2.24, 2.45) is 5.92 Å². The molecule has 0 aliphatic carbocycles. The maximum absolute atomic E-state index is 13.0. The molecule has 0 aliphatic heterocycles. The van der Waals surface area contributed by atoms with Gasteiger partial charge in [-0.2, -0.15) is 5.10 Å². The van der Waals surface area contributed by atoms with E-state index in [1.807, 2.05) is 0 Å². The van der Waals surface area contributed by atoms with Crippen LogP contribution < -0.4 is 5.32 Å². The van der Waals surface area contributed by atoms with E-state index in [0.29, 0.717) is 36.9 Å². The highest BCUT2D eigenvalue weighted by atomic mass is 35.5. The summed E-state index contributed by atoms with van der Waals surface area (Å²) in [6.07, 6.45) is 0.735. The molecule has 2 rings (SSSR count). The molecule has 26 heavy (non-hydrogen) atoms. The van der Waals surface area contributed by atoms with Gasteiger partial charge in [0.2, 0.25) is 0 Å². The highest BCUT2D eigenvalue weighted by Crippen LogP contribution is 2.21. The van der Waals surface area contributed by atoms with Gasteiger partial charge in [-0.05, 0) is 37.0 Å². The van der Waals surface area contributed by atoms with Crippen LogP contribution in [-0.4, -0.2) is 35.4 Å². The fourth-order valence-corrected chi connectivity index (χ4v) is 2.78. The first-order valence-electron chi connectivity index (χ1n) is 8.71. The standard InChI is InChI=1S/C19H25ClFN3O2/c1-13(2)12-26-10-4-9-22-19(25)17-14(3)23-24(18(17)20)11-15-5-7-16(21)8-6-15/h5-8,13H,4,9-12H2,1-3H3,(H,22,25). The fourth-order valence-electron chi connectivity index (χ4n) is 2.46. The van der Waals surface area contributed by atoms with Crippen LogP contribution in [0.2, 0.25) is 5.15 Å². The van der Waals surface area contributed by atoms with E-state index in [1.54, 1.807) is 23.7 Å². The molecular formula is C19H25ClFN3O2. The second kappa shape index (κ2) is 9.69. The lowest BCUT2D eigenvalue weighted by Gasteiger charge is -2.08. The smallest absolute Gasteiger partial charge is 0.256 e. The average molecular weight is 382 g/mol. The van der Waals surface area contributed by atoms with Gasteiger partial charge in [0.25, 0.3) is 5.91 Å². The summed E-state index contributed by atoms with van der Waals surface area (Å²) in [5.74, 6) is -0.0476. The van der Waals surface area contributed by atoms with E-state index < -0.39 is 0 Å². The minimum Gasteiger partial charge on any atom is -0.381 e. The van der Waals surface area contributed by atoms with Gasteiger partial charge in [-0.25, -0.2) is 9.07 Å². The number of amides is 1. The number of hydrogen-bond donors (Lipinski definition) is 1. The minimum atomic E-state index is -0.297. The molecule has 0 aliphatic rings. The predicted molar refractivity (Wildman–Crippen MR) is 100 cm³/mol. The van der Waals surface area contributed by atoms with Crippen LogP contribution in [0, 0.1) is 18.7 Å². The SMILES string of the molecule is Cc1nn(Cc2ccc(F)cc2)c(Cl)c1C(=O)NCCCOCC(C)C. The number of aryl methyl sites for hydroxylation is 1. The summed E-state index contributed by atoms with van der Waals surface area (Å²) in [5.41, 5.74) is 1.78. The Morgan fingerprint density at radius 2 is 2.04 bits per heavy atom. The maximum Gasteiger partial charge on any atom is 0.256 e. The van der Waals surface area contributed by atoms with Crippen molar-refractivity contribution >= 4 is 17.5 Å². The van der Waals surface area contributed by atoms with Gasteiger partial charge in [-0.15, -0.1) is 0 Å². The Balaban J connectivity index is 1.91. The molecule has 1 N–H and O–H groups in total. The quantitative estimate of drug-likeness (QED) is 0.672. The first kappa shape index (κ1) is 20.4. The summed E-state index contributed by atoms with van der Waals surface area (Å²) in [6, 6.07) is 6.10. The first-order valence-corrected chi connectivity index (χ1v) is 9.09. The molecule has 0 unspecified atom stereocenters. The number of nitrogens with one attached hydrogen (secondary N) is 1. The van der Waals surface area contributed by atoms with E-state index in [0.717, 1.165) is 18.6 Å². The van der Waals surface area contributed by atoms with E-state index >= 15 is 0 Å². The van der Waals surface area contributed by atoms with Crippen LogP contribution in [0.1, 0.15) is 41.9 Å². The highest BCUT2D eigenvalue weighted by Gasteiger charge is 2.20. The summed E-state index contributed by atoms with van der Waals surface area (Å²) >= 11 is 6.34. The topological polar surface area (TPSA) is 56.2 Å². The van der Waals surface area contributed by atoms with Crippen molar-refractivity contribution in [1.29, 1.82) is 0 Å². The van der Waals surface area contributed by atoms with Gasteiger partial charge in [-0.3, -0.25) is 4.79 Å². The van der Waals surface area contributed by atoms with Crippen LogP contribution >= 0.6 is 11.6 Å². The van der Waals surface area contributed by atoms with Crippen LogP contribution in [0.3, 0.4) is 0 Å². The average Bonchev–Trinajstić information content (AvgIpc) is 2.86. The predicted octanol–water partition coefficient (Wildman–Crippen LogP) is 3.82.